The highest BCUT2D eigenvalue weighted by atomic mass is 16.1. The van der Waals surface area contributed by atoms with Crippen molar-refractivity contribution >= 4 is 5.78 Å². The fourth-order valence-electron chi connectivity index (χ4n) is 2.49. The zero-order valence-corrected chi connectivity index (χ0v) is 9.58. The van der Waals surface area contributed by atoms with Gasteiger partial charge in [0.05, 0.1) is 0 Å². The Labute approximate surface area is 92.4 Å². The largest absolute Gasteiger partial charge is 0.302 e. The molecule has 0 saturated carbocycles. The molecular formula is C12H22N2O. The van der Waals surface area contributed by atoms with E-state index >= 15 is 0 Å². The van der Waals surface area contributed by atoms with Crippen molar-refractivity contribution < 1.29 is 4.79 Å². The van der Waals surface area contributed by atoms with Crippen molar-refractivity contribution in [3.05, 3.63) is 0 Å². The normalized spacial score (nSPS) is 25.7. The third-order valence-corrected chi connectivity index (χ3v) is 3.59. The van der Waals surface area contributed by atoms with Gasteiger partial charge in [-0.2, -0.15) is 0 Å². The smallest absolute Gasteiger partial charge is 0.135 e. The Kier molecular flexibility index (Phi) is 4.15. The van der Waals surface area contributed by atoms with E-state index in [1.54, 1.807) is 0 Å². The maximum absolute atomic E-state index is 11.1. The molecule has 2 aliphatic rings. The Morgan fingerprint density at radius 3 is 1.93 bits per heavy atom. The van der Waals surface area contributed by atoms with Gasteiger partial charge >= 0.3 is 0 Å². The molecule has 3 nitrogen and oxygen atoms in total. The Bertz CT molecular complexity index is 202. The number of ketones is 1. The predicted molar refractivity (Wildman–Crippen MR) is 61.0 cm³/mol. The highest BCUT2D eigenvalue weighted by molar-refractivity contribution is 5.79. The van der Waals surface area contributed by atoms with E-state index in [-0.39, 0.29) is 0 Å². The van der Waals surface area contributed by atoms with Gasteiger partial charge in [0.15, 0.2) is 0 Å². The summed E-state index contributed by atoms with van der Waals surface area (Å²) in [5.41, 5.74) is 0. The van der Waals surface area contributed by atoms with Crippen LogP contribution >= 0.6 is 0 Å². The van der Waals surface area contributed by atoms with Crippen LogP contribution in [0.25, 0.3) is 0 Å². The SMILES string of the molecule is O=C1CCN(CCN2CCCCC2)CC1. The number of rotatable bonds is 3. The van der Waals surface area contributed by atoms with E-state index in [0.29, 0.717) is 5.78 Å². The molecule has 2 saturated heterocycles. The molecule has 0 amide bonds. The molecule has 0 aromatic rings. The topological polar surface area (TPSA) is 23.6 Å². The van der Waals surface area contributed by atoms with E-state index in [9.17, 15) is 4.79 Å². The van der Waals surface area contributed by atoms with E-state index in [1.165, 1.54) is 38.9 Å². The van der Waals surface area contributed by atoms with Crippen LogP contribution in [0.3, 0.4) is 0 Å². The summed E-state index contributed by atoms with van der Waals surface area (Å²) in [7, 11) is 0. The third kappa shape index (κ3) is 3.58. The molecule has 2 rings (SSSR count). The quantitative estimate of drug-likeness (QED) is 0.698. The second kappa shape index (κ2) is 5.61. The Hall–Kier alpha value is -0.410. The van der Waals surface area contributed by atoms with Crippen LogP contribution in [0.4, 0.5) is 0 Å². The van der Waals surface area contributed by atoms with Gasteiger partial charge in [-0.1, -0.05) is 6.42 Å². The van der Waals surface area contributed by atoms with E-state index in [2.05, 4.69) is 9.80 Å². The Balaban J connectivity index is 1.62. The molecule has 2 heterocycles. The zero-order valence-electron chi connectivity index (χ0n) is 9.58. The van der Waals surface area contributed by atoms with Crippen molar-refractivity contribution in [2.24, 2.45) is 0 Å². The fraction of sp³-hybridized carbons (Fsp3) is 0.917. The van der Waals surface area contributed by atoms with Crippen LogP contribution in [0.5, 0.6) is 0 Å². The van der Waals surface area contributed by atoms with Gasteiger partial charge in [-0.15, -0.1) is 0 Å². The minimum Gasteiger partial charge on any atom is -0.302 e. The van der Waals surface area contributed by atoms with Crippen LogP contribution in [0.15, 0.2) is 0 Å². The van der Waals surface area contributed by atoms with Crippen molar-refractivity contribution in [2.45, 2.75) is 32.1 Å². The van der Waals surface area contributed by atoms with Crippen LogP contribution in [-0.2, 0) is 4.79 Å². The van der Waals surface area contributed by atoms with E-state index < -0.39 is 0 Å². The number of carbonyl (C=O) groups is 1. The Morgan fingerprint density at radius 2 is 1.33 bits per heavy atom. The average Bonchev–Trinajstić information content (AvgIpc) is 2.30. The number of carbonyl (C=O) groups excluding carboxylic acids is 1. The number of Topliss-reactive ketones (excluding diaryl/α,β-unsaturated/α-hetero) is 1. The number of likely N-dealkylation sites (tertiary alicyclic amines) is 2. The number of nitrogens with zero attached hydrogens (tertiary/aromatic N) is 2. The first kappa shape index (κ1) is 11.1. The lowest BCUT2D eigenvalue weighted by atomic mass is 10.1. The molecule has 0 aromatic carbocycles. The Morgan fingerprint density at radius 1 is 0.800 bits per heavy atom. The van der Waals surface area contributed by atoms with Crippen LogP contribution in [0, 0.1) is 0 Å². The molecule has 0 N–H and O–H groups in total. The molecule has 0 radical (unpaired) electrons. The van der Waals surface area contributed by atoms with Crippen molar-refractivity contribution in [2.75, 3.05) is 39.3 Å². The molecular weight excluding hydrogens is 188 g/mol. The van der Waals surface area contributed by atoms with Crippen molar-refractivity contribution in [3.63, 3.8) is 0 Å². The number of hydrogen-bond acceptors (Lipinski definition) is 3. The van der Waals surface area contributed by atoms with Gasteiger partial charge in [-0.05, 0) is 25.9 Å². The molecule has 0 atom stereocenters. The lowest BCUT2D eigenvalue weighted by Crippen LogP contribution is -2.41. The minimum absolute atomic E-state index is 0.448. The van der Waals surface area contributed by atoms with Gasteiger partial charge in [0, 0.05) is 39.0 Å². The predicted octanol–water partition coefficient (Wildman–Crippen LogP) is 1.14. The second-order valence-corrected chi connectivity index (χ2v) is 4.78. The monoisotopic (exact) mass is 210 g/mol. The zero-order chi connectivity index (χ0) is 10.5. The van der Waals surface area contributed by atoms with E-state index in [0.717, 1.165) is 32.5 Å². The molecule has 2 aliphatic heterocycles. The molecule has 0 bridgehead atoms. The van der Waals surface area contributed by atoms with Crippen molar-refractivity contribution in [1.82, 2.24) is 9.80 Å². The first-order valence-electron chi connectivity index (χ1n) is 6.31. The van der Waals surface area contributed by atoms with Crippen LogP contribution < -0.4 is 0 Å². The van der Waals surface area contributed by atoms with Gasteiger partial charge in [0.2, 0.25) is 0 Å². The highest BCUT2D eigenvalue weighted by Crippen LogP contribution is 2.09. The van der Waals surface area contributed by atoms with Gasteiger partial charge in [0.25, 0.3) is 0 Å². The first-order valence-corrected chi connectivity index (χ1v) is 6.31. The molecule has 0 aliphatic carbocycles. The molecule has 0 aromatic heterocycles. The molecule has 15 heavy (non-hydrogen) atoms. The van der Waals surface area contributed by atoms with Crippen LogP contribution in [0.2, 0.25) is 0 Å². The fourth-order valence-corrected chi connectivity index (χ4v) is 2.49. The van der Waals surface area contributed by atoms with Crippen LogP contribution in [-0.4, -0.2) is 54.9 Å². The van der Waals surface area contributed by atoms with E-state index in [4.69, 9.17) is 0 Å². The second-order valence-electron chi connectivity index (χ2n) is 4.78. The lowest BCUT2D eigenvalue weighted by molar-refractivity contribution is -0.121. The summed E-state index contributed by atoms with van der Waals surface area (Å²) >= 11 is 0. The lowest BCUT2D eigenvalue weighted by Gasteiger charge is -2.31. The summed E-state index contributed by atoms with van der Waals surface area (Å²) in [6, 6.07) is 0. The third-order valence-electron chi connectivity index (χ3n) is 3.59. The van der Waals surface area contributed by atoms with Gasteiger partial charge < -0.3 is 9.80 Å². The van der Waals surface area contributed by atoms with E-state index in [1.807, 2.05) is 0 Å². The molecule has 0 spiro atoms. The molecule has 0 unspecified atom stereocenters. The molecule has 3 heteroatoms. The van der Waals surface area contributed by atoms with Gasteiger partial charge in [-0.25, -0.2) is 0 Å². The summed E-state index contributed by atoms with van der Waals surface area (Å²) in [4.78, 5) is 16.1. The summed E-state index contributed by atoms with van der Waals surface area (Å²) in [5.74, 6) is 0.448. The molecule has 2 fully saturated rings. The number of piperidine rings is 2. The summed E-state index contributed by atoms with van der Waals surface area (Å²) in [6.45, 7) is 6.92. The summed E-state index contributed by atoms with van der Waals surface area (Å²) < 4.78 is 0. The van der Waals surface area contributed by atoms with Gasteiger partial charge in [-0.3, -0.25) is 4.79 Å². The first-order chi connectivity index (χ1) is 7.34. The van der Waals surface area contributed by atoms with Crippen LogP contribution in [0.1, 0.15) is 32.1 Å². The average molecular weight is 210 g/mol. The van der Waals surface area contributed by atoms with Crippen molar-refractivity contribution in [1.29, 1.82) is 0 Å². The summed E-state index contributed by atoms with van der Waals surface area (Å²) in [6.07, 6.45) is 5.71. The van der Waals surface area contributed by atoms with Gasteiger partial charge in [0.1, 0.15) is 5.78 Å². The highest BCUT2D eigenvalue weighted by Gasteiger charge is 2.17. The molecule has 86 valence electrons. The number of hydrogen-bond donors (Lipinski definition) is 0. The maximum Gasteiger partial charge on any atom is 0.135 e. The standard InChI is InChI=1S/C12H22N2O/c15-12-4-8-14(9-5-12)11-10-13-6-2-1-3-7-13/h1-11H2. The summed E-state index contributed by atoms with van der Waals surface area (Å²) in [5, 5.41) is 0. The maximum atomic E-state index is 11.1. The minimum atomic E-state index is 0.448. The van der Waals surface area contributed by atoms with Crippen molar-refractivity contribution in [3.8, 4) is 0 Å².